The Morgan fingerprint density at radius 2 is 1.75 bits per heavy atom. The Kier molecular flexibility index (Phi) is 1.83. The van der Waals surface area contributed by atoms with E-state index in [4.69, 9.17) is 0 Å². The van der Waals surface area contributed by atoms with Gasteiger partial charge in [-0.1, -0.05) is 48.1 Å². The van der Waals surface area contributed by atoms with Gasteiger partial charge in [-0.15, -0.1) is 0 Å². The molecule has 0 aromatic heterocycles. The van der Waals surface area contributed by atoms with Crippen LogP contribution in [0, 0.1) is 0 Å². The molecule has 0 radical (unpaired) electrons. The first kappa shape index (κ1) is 7.35. The fraction of sp³-hybridized carbons (Fsp3) is 0.167. The summed E-state index contributed by atoms with van der Waals surface area (Å²) in [6.45, 7) is 2.14. The fourth-order valence-electron chi connectivity index (χ4n) is 1.44. The van der Waals surface area contributed by atoms with Gasteiger partial charge in [0.2, 0.25) is 0 Å². The van der Waals surface area contributed by atoms with Gasteiger partial charge in [-0.3, -0.25) is 0 Å². The van der Waals surface area contributed by atoms with Crippen molar-refractivity contribution in [2.24, 2.45) is 0 Å². The van der Waals surface area contributed by atoms with Crippen LogP contribution in [0.2, 0.25) is 0 Å². The van der Waals surface area contributed by atoms with Crippen LogP contribution < -0.4 is 0 Å². The second kappa shape index (κ2) is 2.98. The lowest BCUT2D eigenvalue weighted by molar-refractivity contribution is 1.20. The van der Waals surface area contributed by atoms with E-state index in [1.165, 1.54) is 16.7 Å². The average Bonchev–Trinajstić information content (AvgIpc) is 2.58. The van der Waals surface area contributed by atoms with Crippen LogP contribution in [0.4, 0.5) is 0 Å². The SMILES string of the molecule is CC1=CCC(=C2C=CC=C2)C=C1. The van der Waals surface area contributed by atoms with Crippen molar-refractivity contribution in [2.45, 2.75) is 13.3 Å². The van der Waals surface area contributed by atoms with Crippen molar-refractivity contribution in [3.63, 3.8) is 0 Å². The van der Waals surface area contributed by atoms with Gasteiger partial charge >= 0.3 is 0 Å². The predicted octanol–water partition coefficient (Wildman–Crippen LogP) is 3.32. The van der Waals surface area contributed by atoms with Crippen molar-refractivity contribution >= 4 is 0 Å². The zero-order valence-corrected chi connectivity index (χ0v) is 7.25. The minimum atomic E-state index is 1.08. The van der Waals surface area contributed by atoms with Gasteiger partial charge in [-0.05, 0) is 24.5 Å². The quantitative estimate of drug-likeness (QED) is 0.504. The molecule has 0 heterocycles. The molecular formula is C12H12. The molecule has 0 aromatic rings. The minimum Gasteiger partial charge on any atom is -0.0772 e. The molecule has 0 fully saturated rings. The van der Waals surface area contributed by atoms with E-state index >= 15 is 0 Å². The molecule has 60 valence electrons. The van der Waals surface area contributed by atoms with E-state index in [-0.39, 0.29) is 0 Å². The highest BCUT2D eigenvalue weighted by Crippen LogP contribution is 2.22. The Balaban J connectivity index is 2.29. The largest absolute Gasteiger partial charge is 0.0772 e. The van der Waals surface area contributed by atoms with Crippen LogP contribution >= 0.6 is 0 Å². The van der Waals surface area contributed by atoms with Crippen LogP contribution in [0.15, 0.2) is 59.3 Å². The van der Waals surface area contributed by atoms with Crippen LogP contribution in [0.1, 0.15) is 13.3 Å². The number of hydrogen-bond donors (Lipinski definition) is 0. The molecule has 0 spiro atoms. The van der Waals surface area contributed by atoms with Crippen molar-refractivity contribution in [1.29, 1.82) is 0 Å². The summed E-state index contributed by atoms with van der Waals surface area (Å²) in [5.41, 5.74) is 4.14. The monoisotopic (exact) mass is 156 g/mol. The molecule has 0 heteroatoms. The van der Waals surface area contributed by atoms with E-state index in [1.54, 1.807) is 0 Å². The van der Waals surface area contributed by atoms with E-state index in [9.17, 15) is 0 Å². The Bertz CT molecular complexity index is 319. The number of hydrogen-bond acceptors (Lipinski definition) is 0. The third-order valence-electron chi connectivity index (χ3n) is 2.22. The van der Waals surface area contributed by atoms with Crippen molar-refractivity contribution in [1.82, 2.24) is 0 Å². The second-order valence-corrected chi connectivity index (χ2v) is 3.18. The Morgan fingerprint density at radius 1 is 1.00 bits per heavy atom. The molecule has 0 nitrogen and oxygen atoms in total. The molecule has 0 bridgehead atoms. The highest BCUT2D eigenvalue weighted by atomic mass is 14.1. The highest BCUT2D eigenvalue weighted by molar-refractivity contribution is 5.49. The van der Waals surface area contributed by atoms with E-state index in [1.807, 2.05) is 0 Å². The van der Waals surface area contributed by atoms with Gasteiger partial charge in [0.1, 0.15) is 0 Å². The summed E-state index contributed by atoms with van der Waals surface area (Å²) in [6.07, 6.45) is 16.2. The predicted molar refractivity (Wildman–Crippen MR) is 52.8 cm³/mol. The van der Waals surface area contributed by atoms with Crippen molar-refractivity contribution in [2.75, 3.05) is 0 Å². The lowest BCUT2D eigenvalue weighted by Gasteiger charge is -2.07. The number of rotatable bonds is 0. The van der Waals surface area contributed by atoms with Gasteiger partial charge in [-0.25, -0.2) is 0 Å². The minimum absolute atomic E-state index is 1.08. The summed E-state index contributed by atoms with van der Waals surface area (Å²) in [5, 5.41) is 0. The van der Waals surface area contributed by atoms with Gasteiger partial charge in [0.15, 0.2) is 0 Å². The molecule has 0 aromatic carbocycles. The zero-order valence-electron chi connectivity index (χ0n) is 7.25. The normalized spacial score (nSPS) is 20.6. The number of allylic oxidation sites excluding steroid dienone is 10. The lowest BCUT2D eigenvalue weighted by atomic mass is 9.99. The molecular weight excluding hydrogens is 144 g/mol. The standard InChI is InChI=1S/C12H12/c1-10-6-8-12(9-7-10)11-4-2-3-5-11/h2-8H,9H2,1H3. The molecule has 0 saturated heterocycles. The Morgan fingerprint density at radius 3 is 2.33 bits per heavy atom. The first-order valence-corrected chi connectivity index (χ1v) is 4.29. The molecule has 2 rings (SSSR count). The molecule has 0 amide bonds. The summed E-state index contributed by atoms with van der Waals surface area (Å²) < 4.78 is 0. The summed E-state index contributed by atoms with van der Waals surface area (Å²) >= 11 is 0. The van der Waals surface area contributed by atoms with Gasteiger partial charge in [0.05, 0.1) is 0 Å². The van der Waals surface area contributed by atoms with Crippen molar-refractivity contribution in [3.05, 3.63) is 59.3 Å². The van der Waals surface area contributed by atoms with Crippen molar-refractivity contribution < 1.29 is 0 Å². The maximum atomic E-state index is 2.27. The summed E-state index contributed by atoms with van der Waals surface area (Å²) in [4.78, 5) is 0. The van der Waals surface area contributed by atoms with E-state index in [0.717, 1.165) is 6.42 Å². The smallest absolute Gasteiger partial charge is 0.00858 e. The summed E-state index contributed by atoms with van der Waals surface area (Å²) in [7, 11) is 0. The third kappa shape index (κ3) is 1.33. The van der Waals surface area contributed by atoms with Gasteiger partial charge < -0.3 is 0 Å². The highest BCUT2D eigenvalue weighted by Gasteiger charge is 2.02. The maximum Gasteiger partial charge on any atom is -0.00858 e. The Labute approximate surface area is 73.3 Å². The molecule has 12 heavy (non-hydrogen) atoms. The molecule has 0 unspecified atom stereocenters. The fourth-order valence-corrected chi connectivity index (χ4v) is 1.44. The van der Waals surface area contributed by atoms with Crippen LogP contribution in [0.3, 0.4) is 0 Å². The molecule has 0 N–H and O–H groups in total. The average molecular weight is 156 g/mol. The lowest BCUT2D eigenvalue weighted by Crippen LogP contribution is -1.87. The molecule has 2 aliphatic rings. The van der Waals surface area contributed by atoms with Gasteiger partial charge in [0.25, 0.3) is 0 Å². The Hall–Kier alpha value is -1.30. The van der Waals surface area contributed by atoms with Crippen LogP contribution in [-0.2, 0) is 0 Å². The second-order valence-electron chi connectivity index (χ2n) is 3.18. The molecule has 0 atom stereocenters. The zero-order chi connectivity index (χ0) is 8.39. The van der Waals surface area contributed by atoms with E-state index < -0.39 is 0 Å². The molecule has 0 saturated carbocycles. The first-order valence-electron chi connectivity index (χ1n) is 4.29. The molecule has 0 aliphatic heterocycles. The topological polar surface area (TPSA) is 0 Å². The van der Waals surface area contributed by atoms with Gasteiger partial charge in [-0.2, -0.15) is 0 Å². The first-order chi connectivity index (χ1) is 5.86. The van der Waals surface area contributed by atoms with Crippen LogP contribution in [0.5, 0.6) is 0 Å². The maximum absolute atomic E-state index is 2.27. The van der Waals surface area contributed by atoms with Gasteiger partial charge in [0, 0.05) is 0 Å². The summed E-state index contributed by atoms with van der Waals surface area (Å²) in [5.74, 6) is 0. The van der Waals surface area contributed by atoms with Crippen LogP contribution in [0.25, 0.3) is 0 Å². The van der Waals surface area contributed by atoms with E-state index in [0.29, 0.717) is 0 Å². The molecule has 2 aliphatic carbocycles. The van der Waals surface area contributed by atoms with Crippen LogP contribution in [-0.4, -0.2) is 0 Å². The van der Waals surface area contributed by atoms with Crippen molar-refractivity contribution in [3.8, 4) is 0 Å². The van der Waals surface area contributed by atoms with E-state index in [2.05, 4.69) is 49.5 Å². The third-order valence-corrected chi connectivity index (χ3v) is 2.22. The summed E-state index contributed by atoms with van der Waals surface area (Å²) in [6, 6.07) is 0.